The van der Waals surface area contributed by atoms with Crippen LogP contribution in [0.25, 0.3) is 0 Å². The normalized spacial score (nSPS) is 21.8. The van der Waals surface area contributed by atoms with Gasteiger partial charge in [0, 0.05) is 24.5 Å². The molecule has 2 unspecified atom stereocenters. The van der Waals surface area contributed by atoms with Gasteiger partial charge in [0.25, 0.3) is 0 Å². The van der Waals surface area contributed by atoms with Gasteiger partial charge in [-0.2, -0.15) is 11.8 Å². The SMILES string of the molecule is CC(N)C(c1ccccn1)N1CCCSCC1. The molecule has 0 amide bonds. The highest BCUT2D eigenvalue weighted by atomic mass is 32.2. The molecule has 2 rings (SSSR count). The summed E-state index contributed by atoms with van der Waals surface area (Å²) in [6.07, 6.45) is 3.11. The number of aromatic nitrogens is 1. The lowest BCUT2D eigenvalue weighted by Crippen LogP contribution is -2.41. The summed E-state index contributed by atoms with van der Waals surface area (Å²) in [4.78, 5) is 6.97. The van der Waals surface area contributed by atoms with Crippen LogP contribution < -0.4 is 5.73 Å². The van der Waals surface area contributed by atoms with E-state index in [-0.39, 0.29) is 12.1 Å². The summed E-state index contributed by atoms with van der Waals surface area (Å²) in [5.74, 6) is 2.47. The summed E-state index contributed by atoms with van der Waals surface area (Å²) in [6.45, 7) is 4.33. The van der Waals surface area contributed by atoms with Crippen molar-refractivity contribution in [3.05, 3.63) is 30.1 Å². The smallest absolute Gasteiger partial charge is 0.0671 e. The first kappa shape index (κ1) is 12.9. The first-order chi connectivity index (χ1) is 8.29. The highest BCUT2D eigenvalue weighted by Crippen LogP contribution is 2.24. The van der Waals surface area contributed by atoms with Crippen molar-refractivity contribution in [2.45, 2.75) is 25.4 Å². The molecule has 2 atom stereocenters. The fourth-order valence-electron chi connectivity index (χ4n) is 2.38. The van der Waals surface area contributed by atoms with Gasteiger partial charge in [0.05, 0.1) is 11.7 Å². The molecule has 1 aromatic rings. The fraction of sp³-hybridized carbons (Fsp3) is 0.615. The Morgan fingerprint density at radius 2 is 2.24 bits per heavy atom. The van der Waals surface area contributed by atoms with Gasteiger partial charge in [-0.25, -0.2) is 0 Å². The molecule has 0 spiro atoms. The highest BCUT2D eigenvalue weighted by molar-refractivity contribution is 7.99. The standard InChI is InChI=1S/C13H21N3S/c1-11(14)13(12-5-2-3-6-15-12)16-7-4-9-17-10-8-16/h2-3,5-6,11,13H,4,7-10,14H2,1H3. The minimum atomic E-state index is 0.119. The van der Waals surface area contributed by atoms with Gasteiger partial charge in [-0.1, -0.05) is 6.07 Å². The van der Waals surface area contributed by atoms with Crippen molar-refractivity contribution in [1.29, 1.82) is 0 Å². The van der Waals surface area contributed by atoms with Crippen LogP contribution in [-0.2, 0) is 0 Å². The molecule has 1 aliphatic rings. The average Bonchev–Trinajstić information content (AvgIpc) is 2.59. The summed E-state index contributed by atoms with van der Waals surface area (Å²) in [5.41, 5.74) is 7.27. The third kappa shape index (κ3) is 3.44. The van der Waals surface area contributed by atoms with Gasteiger partial charge < -0.3 is 5.73 Å². The molecule has 3 nitrogen and oxygen atoms in total. The zero-order valence-corrected chi connectivity index (χ0v) is 11.2. The molecule has 2 heterocycles. The molecular formula is C13H21N3S. The number of nitrogens with zero attached hydrogens (tertiary/aromatic N) is 2. The van der Waals surface area contributed by atoms with E-state index in [9.17, 15) is 0 Å². The van der Waals surface area contributed by atoms with Gasteiger partial charge in [-0.15, -0.1) is 0 Å². The quantitative estimate of drug-likeness (QED) is 0.891. The van der Waals surface area contributed by atoms with E-state index in [1.54, 1.807) is 0 Å². The highest BCUT2D eigenvalue weighted by Gasteiger charge is 2.25. The van der Waals surface area contributed by atoms with Crippen LogP contribution >= 0.6 is 11.8 Å². The maximum absolute atomic E-state index is 6.16. The van der Waals surface area contributed by atoms with Crippen LogP contribution in [0.15, 0.2) is 24.4 Å². The van der Waals surface area contributed by atoms with E-state index in [4.69, 9.17) is 5.73 Å². The Morgan fingerprint density at radius 3 is 2.94 bits per heavy atom. The molecule has 1 aliphatic heterocycles. The van der Waals surface area contributed by atoms with Crippen LogP contribution in [0.1, 0.15) is 25.1 Å². The molecule has 0 aliphatic carbocycles. The third-order valence-corrected chi connectivity index (χ3v) is 4.19. The van der Waals surface area contributed by atoms with Gasteiger partial charge in [-0.05, 0) is 37.8 Å². The lowest BCUT2D eigenvalue weighted by Gasteiger charge is -2.32. The van der Waals surface area contributed by atoms with E-state index in [2.05, 4.69) is 22.9 Å². The van der Waals surface area contributed by atoms with Crippen LogP contribution in [0.3, 0.4) is 0 Å². The van der Waals surface area contributed by atoms with Crippen LogP contribution in [0, 0.1) is 0 Å². The average molecular weight is 251 g/mol. The van der Waals surface area contributed by atoms with Crippen molar-refractivity contribution in [1.82, 2.24) is 9.88 Å². The van der Waals surface area contributed by atoms with Crippen LogP contribution in [0.2, 0.25) is 0 Å². The van der Waals surface area contributed by atoms with E-state index >= 15 is 0 Å². The Bertz CT molecular complexity index is 321. The number of nitrogens with two attached hydrogens (primary N) is 1. The van der Waals surface area contributed by atoms with E-state index < -0.39 is 0 Å². The summed E-state index contributed by atoms with van der Waals surface area (Å²) in [6, 6.07) is 6.47. The predicted octanol–water partition coefficient (Wildman–Crippen LogP) is 1.91. The molecule has 1 aromatic heterocycles. The second-order valence-electron chi connectivity index (χ2n) is 4.56. The fourth-order valence-corrected chi connectivity index (χ4v) is 3.28. The second kappa shape index (κ2) is 6.38. The summed E-state index contributed by atoms with van der Waals surface area (Å²) < 4.78 is 0. The zero-order valence-electron chi connectivity index (χ0n) is 10.4. The van der Waals surface area contributed by atoms with Crippen molar-refractivity contribution >= 4 is 11.8 Å². The summed E-state index contributed by atoms with van der Waals surface area (Å²) in [5, 5.41) is 0. The van der Waals surface area contributed by atoms with E-state index in [0.717, 1.165) is 18.8 Å². The monoisotopic (exact) mass is 251 g/mol. The van der Waals surface area contributed by atoms with Crippen molar-refractivity contribution < 1.29 is 0 Å². The van der Waals surface area contributed by atoms with Crippen LogP contribution in [0.5, 0.6) is 0 Å². The van der Waals surface area contributed by atoms with Gasteiger partial charge in [-0.3, -0.25) is 9.88 Å². The van der Waals surface area contributed by atoms with Gasteiger partial charge in [0.15, 0.2) is 0 Å². The van der Waals surface area contributed by atoms with Crippen molar-refractivity contribution in [3.63, 3.8) is 0 Å². The molecule has 17 heavy (non-hydrogen) atoms. The summed E-state index contributed by atoms with van der Waals surface area (Å²) in [7, 11) is 0. The van der Waals surface area contributed by atoms with Gasteiger partial charge in [0.1, 0.15) is 0 Å². The number of hydrogen-bond acceptors (Lipinski definition) is 4. The minimum Gasteiger partial charge on any atom is -0.326 e. The molecule has 0 bridgehead atoms. The lowest BCUT2D eigenvalue weighted by atomic mass is 10.0. The molecule has 2 N–H and O–H groups in total. The van der Waals surface area contributed by atoms with Crippen molar-refractivity contribution in [2.24, 2.45) is 5.73 Å². The van der Waals surface area contributed by atoms with Crippen LogP contribution in [0.4, 0.5) is 0 Å². The number of hydrogen-bond donors (Lipinski definition) is 1. The summed E-state index contributed by atoms with van der Waals surface area (Å²) >= 11 is 2.04. The van der Waals surface area contributed by atoms with Gasteiger partial charge in [0.2, 0.25) is 0 Å². The molecule has 1 fully saturated rings. The second-order valence-corrected chi connectivity index (χ2v) is 5.79. The Labute approximate surface area is 108 Å². The Morgan fingerprint density at radius 1 is 1.35 bits per heavy atom. The molecule has 4 heteroatoms. The molecule has 94 valence electrons. The largest absolute Gasteiger partial charge is 0.326 e. The Balaban J connectivity index is 2.16. The first-order valence-corrected chi connectivity index (χ1v) is 7.43. The molecule has 0 saturated carbocycles. The molecular weight excluding hydrogens is 230 g/mol. The maximum Gasteiger partial charge on any atom is 0.0671 e. The zero-order chi connectivity index (χ0) is 12.1. The predicted molar refractivity (Wildman–Crippen MR) is 74.1 cm³/mol. The number of pyridine rings is 1. The third-order valence-electron chi connectivity index (χ3n) is 3.14. The van der Waals surface area contributed by atoms with Crippen molar-refractivity contribution in [2.75, 3.05) is 24.6 Å². The number of rotatable bonds is 3. The van der Waals surface area contributed by atoms with E-state index in [0.29, 0.717) is 0 Å². The lowest BCUT2D eigenvalue weighted by molar-refractivity contribution is 0.186. The van der Waals surface area contributed by atoms with Crippen molar-refractivity contribution in [3.8, 4) is 0 Å². The minimum absolute atomic E-state index is 0.119. The van der Waals surface area contributed by atoms with E-state index in [1.807, 2.05) is 30.1 Å². The van der Waals surface area contributed by atoms with E-state index in [1.165, 1.54) is 17.9 Å². The van der Waals surface area contributed by atoms with Crippen LogP contribution in [-0.4, -0.2) is 40.5 Å². The Kier molecular flexibility index (Phi) is 4.83. The number of thioether (sulfide) groups is 1. The topological polar surface area (TPSA) is 42.1 Å². The Hall–Kier alpha value is -0.580. The first-order valence-electron chi connectivity index (χ1n) is 6.27. The molecule has 0 aromatic carbocycles. The maximum atomic E-state index is 6.16. The molecule has 0 radical (unpaired) electrons. The molecule has 1 saturated heterocycles. The van der Waals surface area contributed by atoms with Gasteiger partial charge >= 0.3 is 0 Å².